The summed E-state index contributed by atoms with van der Waals surface area (Å²) < 4.78 is 32.5. The van der Waals surface area contributed by atoms with Crippen molar-refractivity contribution in [1.82, 2.24) is 14.6 Å². The van der Waals surface area contributed by atoms with Crippen LogP contribution in [0.5, 0.6) is 0 Å². The van der Waals surface area contributed by atoms with E-state index in [1.54, 1.807) is 42.7 Å². The second-order valence-corrected chi connectivity index (χ2v) is 8.24. The number of amides is 1. The van der Waals surface area contributed by atoms with Crippen LogP contribution in [0.4, 0.5) is 0 Å². The average Bonchev–Trinajstić information content (AvgIpc) is 3.20. The van der Waals surface area contributed by atoms with Crippen LogP contribution >= 0.6 is 0 Å². The quantitative estimate of drug-likeness (QED) is 0.628. The number of benzene rings is 1. The molecule has 0 saturated heterocycles. The fourth-order valence-corrected chi connectivity index (χ4v) is 3.94. The molecule has 1 amide bonds. The van der Waals surface area contributed by atoms with Gasteiger partial charge in [0.05, 0.1) is 24.2 Å². The number of nitrogens with one attached hydrogen (secondary N) is 1. The molecule has 8 heteroatoms. The molecule has 0 aliphatic carbocycles. The van der Waals surface area contributed by atoms with Crippen LogP contribution in [0.2, 0.25) is 0 Å². The molecule has 3 aromatic rings. The Morgan fingerprint density at radius 1 is 1.14 bits per heavy atom. The number of sulfonamides is 1. The van der Waals surface area contributed by atoms with Gasteiger partial charge >= 0.3 is 0 Å². The Morgan fingerprint density at radius 2 is 1.93 bits per heavy atom. The molecule has 0 spiro atoms. The number of aromatic nitrogens is 1. The topological polar surface area (TPSA) is 92.5 Å². The minimum absolute atomic E-state index is 0.0382. The smallest absolute Gasteiger partial charge is 0.243 e. The van der Waals surface area contributed by atoms with Crippen molar-refractivity contribution in [3.8, 4) is 0 Å². The number of aryl methyl sites for hydroxylation is 1. The highest BCUT2D eigenvalue weighted by Crippen LogP contribution is 2.19. The zero-order chi connectivity index (χ0) is 20.0. The lowest BCUT2D eigenvalue weighted by molar-refractivity contribution is -0.121. The first-order chi connectivity index (χ1) is 13.4. The summed E-state index contributed by atoms with van der Waals surface area (Å²) >= 11 is 0. The van der Waals surface area contributed by atoms with E-state index in [0.717, 1.165) is 15.4 Å². The van der Waals surface area contributed by atoms with Crippen molar-refractivity contribution in [2.45, 2.75) is 24.9 Å². The summed E-state index contributed by atoms with van der Waals surface area (Å²) in [5, 5.41) is 2.73. The maximum atomic E-state index is 13.1. The third-order valence-electron chi connectivity index (χ3n) is 4.10. The van der Waals surface area contributed by atoms with Gasteiger partial charge in [-0.15, -0.1) is 0 Å². The summed E-state index contributed by atoms with van der Waals surface area (Å²) in [6.07, 6.45) is 4.75. The molecule has 1 aromatic carbocycles. The normalized spacial score (nSPS) is 11.5. The molecule has 0 aliphatic rings. The van der Waals surface area contributed by atoms with Crippen LogP contribution in [0.3, 0.4) is 0 Å². The van der Waals surface area contributed by atoms with E-state index in [0.29, 0.717) is 5.76 Å². The number of nitrogens with zero attached hydrogens (tertiary/aromatic N) is 2. The first kappa shape index (κ1) is 19.8. The van der Waals surface area contributed by atoms with Gasteiger partial charge < -0.3 is 9.73 Å². The maximum absolute atomic E-state index is 13.1. The second-order valence-electron chi connectivity index (χ2n) is 6.30. The van der Waals surface area contributed by atoms with E-state index in [1.807, 2.05) is 13.0 Å². The van der Waals surface area contributed by atoms with E-state index in [2.05, 4.69) is 10.3 Å². The van der Waals surface area contributed by atoms with Crippen molar-refractivity contribution in [1.29, 1.82) is 0 Å². The highest BCUT2D eigenvalue weighted by molar-refractivity contribution is 7.89. The van der Waals surface area contributed by atoms with E-state index in [4.69, 9.17) is 4.42 Å². The molecule has 2 aromatic heterocycles. The number of hydrogen-bond donors (Lipinski definition) is 1. The molecule has 0 saturated carbocycles. The molecule has 28 heavy (non-hydrogen) atoms. The van der Waals surface area contributed by atoms with E-state index < -0.39 is 15.9 Å². The summed E-state index contributed by atoms with van der Waals surface area (Å²) in [6.45, 7) is 1.79. The molecule has 0 atom stereocenters. The van der Waals surface area contributed by atoms with Crippen molar-refractivity contribution >= 4 is 15.9 Å². The predicted octanol–water partition coefficient (Wildman–Crippen LogP) is 2.49. The second kappa shape index (κ2) is 8.81. The lowest BCUT2D eigenvalue weighted by Crippen LogP contribution is -2.40. The number of carbonyl (C=O) groups is 1. The highest BCUT2D eigenvalue weighted by atomic mass is 32.2. The minimum atomic E-state index is -3.87. The number of rotatable bonds is 8. The Morgan fingerprint density at radius 3 is 2.57 bits per heavy atom. The molecule has 3 rings (SSSR count). The lowest BCUT2D eigenvalue weighted by Gasteiger charge is -2.21. The van der Waals surface area contributed by atoms with Gasteiger partial charge in [-0.3, -0.25) is 9.78 Å². The van der Waals surface area contributed by atoms with Crippen LogP contribution in [0.15, 0.2) is 76.5 Å². The molecule has 0 aliphatic heterocycles. The fourth-order valence-electron chi connectivity index (χ4n) is 2.58. The Balaban J connectivity index is 1.76. The monoisotopic (exact) mass is 399 g/mol. The summed E-state index contributed by atoms with van der Waals surface area (Å²) in [6, 6.07) is 13.5. The standard InChI is InChI=1S/C20H21N3O4S/c1-16-6-8-19(9-7-16)28(25,26)23(14-18-5-3-11-27-18)15-20(24)22-13-17-4-2-10-21-12-17/h2-12H,13-15H2,1H3,(H,22,24). The first-order valence-electron chi connectivity index (χ1n) is 8.70. The number of carbonyl (C=O) groups excluding carboxylic acids is 1. The molecule has 0 fully saturated rings. The summed E-state index contributed by atoms with van der Waals surface area (Å²) in [5.41, 5.74) is 1.78. The van der Waals surface area contributed by atoms with Crippen LogP contribution < -0.4 is 5.32 Å². The molecule has 146 valence electrons. The zero-order valence-corrected chi connectivity index (χ0v) is 16.2. The van der Waals surface area contributed by atoms with Gasteiger partial charge in [-0.1, -0.05) is 23.8 Å². The van der Waals surface area contributed by atoms with Gasteiger partial charge in [-0.25, -0.2) is 8.42 Å². The van der Waals surface area contributed by atoms with Gasteiger partial charge in [0.15, 0.2) is 0 Å². The number of pyridine rings is 1. The van der Waals surface area contributed by atoms with Gasteiger partial charge in [0.2, 0.25) is 15.9 Å². The Kier molecular flexibility index (Phi) is 6.23. The Hall–Kier alpha value is -2.97. The van der Waals surface area contributed by atoms with Gasteiger partial charge in [-0.2, -0.15) is 4.31 Å². The first-order valence-corrected chi connectivity index (χ1v) is 10.1. The van der Waals surface area contributed by atoms with Gasteiger partial charge in [0, 0.05) is 18.9 Å². The Labute approximate surface area is 164 Å². The molecular formula is C20H21N3O4S. The maximum Gasteiger partial charge on any atom is 0.243 e. The van der Waals surface area contributed by atoms with Crippen molar-refractivity contribution in [2.75, 3.05) is 6.54 Å². The number of hydrogen-bond acceptors (Lipinski definition) is 5. The summed E-state index contributed by atoms with van der Waals surface area (Å²) in [5.74, 6) is 0.0434. The summed E-state index contributed by atoms with van der Waals surface area (Å²) in [4.78, 5) is 16.5. The van der Waals surface area contributed by atoms with Crippen LogP contribution in [0.25, 0.3) is 0 Å². The van der Waals surface area contributed by atoms with Crippen LogP contribution in [0.1, 0.15) is 16.9 Å². The highest BCUT2D eigenvalue weighted by Gasteiger charge is 2.27. The van der Waals surface area contributed by atoms with E-state index in [1.165, 1.54) is 18.4 Å². The molecule has 0 radical (unpaired) electrons. The average molecular weight is 399 g/mol. The predicted molar refractivity (Wildman–Crippen MR) is 104 cm³/mol. The molecule has 0 unspecified atom stereocenters. The summed E-state index contributed by atoms with van der Waals surface area (Å²) in [7, 11) is -3.87. The molecular weight excluding hydrogens is 378 g/mol. The SMILES string of the molecule is Cc1ccc(S(=O)(=O)N(CC(=O)NCc2cccnc2)Cc2ccco2)cc1. The van der Waals surface area contributed by atoms with Crippen LogP contribution in [0, 0.1) is 6.92 Å². The van der Waals surface area contributed by atoms with Gasteiger partial charge in [-0.05, 0) is 42.8 Å². The van der Waals surface area contributed by atoms with E-state index >= 15 is 0 Å². The van der Waals surface area contributed by atoms with Crippen molar-refractivity contribution in [3.63, 3.8) is 0 Å². The third-order valence-corrected chi connectivity index (χ3v) is 5.91. The minimum Gasteiger partial charge on any atom is -0.468 e. The Bertz CT molecular complexity index is 1000. The largest absolute Gasteiger partial charge is 0.468 e. The third kappa shape index (κ3) is 5.05. The molecule has 0 bridgehead atoms. The van der Waals surface area contributed by atoms with Gasteiger partial charge in [0.1, 0.15) is 5.76 Å². The molecule has 2 heterocycles. The van der Waals surface area contributed by atoms with Crippen molar-refractivity contribution < 1.29 is 17.6 Å². The van der Waals surface area contributed by atoms with Crippen LogP contribution in [-0.4, -0.2) is 30.2 Å². The number of furan rings is 1. The lowest BCUT2D eigenvalue weighted by atomic mass is 10.2. The molecule has 7 nitrogen and oxygen atoms in total. The van der Waals surface area contributed by atoms with Crippen LogP contribution in [-0.2, 0) is 27.9 Å². The van der Waals surface area contributed by atoms with Crippen molar-refractivity contribution in [2.24, 2.45) is 0 Å². The zero-order valence-electron chi connectivity index (χ0n) is 15.4. The fraction of sp³-hybridized carbons (Fsp3) is 0.200. The molecule has 1 N–H and O–H groups in total. The van der Waals surface area contributed by atoms with E-state index in [9.17, 15) is 13.2 Å². The van der Waals surface area contributed by atoms with E-state index in [-0.39, 0.29) is 24.5 Å². The van der Waals surface area contributed by atoms with Crippen molar-refractivity contribution in [3.05, 3.63) is 84.1 Å². The van der Waals surface area contributed by atoms with Gasteiger partial charge in [0.25, 0.3) is 0 Å².